The van der Waals surface area contributed by atoms with Crippen molar-refractivity contribution in [1.29, 1.82) is 0 Å². The monoisotopic (exact) mass is 422 g/mol. The second-order valence-corrected chi connectivity index (χ2v) is 7.69. The minimum absolute atomic E-state index is 0.223. The molecule has 0 bridgehead atoms. The van der Waals surface area contributed by atoms with Gasteiger partial charge in [0.15, 0.2) is 0 Å². The second kappa shape index (κ2) is 9.18. The number of benzene rings is 2. The maximum Gasteiger partial charge on any atom is 0.333 e. The SMILES string of the molecule is COc1ccc(-n2c(=O)[nH]c3cc(C(=O)NCCN4CCCCC4)ccc3c2=O)cc1. The quantitative estimate of drug-likeness (QED) is 0.633. The summed E-state index contributed by atoms with van der Waals surface area (Å²) in [7, 11) is 1.55. The molecule has 2 heterocycles. The maximum absolute atomic E-state index is 12.9. The van der Waals surface area contributed by atoms with E-state index in [1.807, 2.05) is 0 Å². The molecule has 0 radical (unpaired) electrons. The lowest BCUT2D eigenvalue weighted by Gasteiger charge is -2.26. The van der Waals surface area contributed by atoms with E-state index in [0.717, 1.165) is 24.2 Å². The lowest BCUT2D eigenvalue weighted by atomic mass is 10.1. The molecule has 31 heavy (non-hydrogen) atoms. The van der Waals surface area contributed by atoms with Gasteiger partial charge in [0.25, 0.3) is 11.5 Å². The number of likely N-dealkylation sites (tertiary alicyclic amines) is 1. The molecule has 1 aliphatic heterocycles. The molecule has 2 aromatic carbocycles. The van der Waals surface area contributed by atoms with Crippen LogP contribution in [0.3, 0.4) is 0 Å². The Morgan fingerprint density at radius 3 is 2.52 bits per heavy atom. The number of hydrogen-bond donors (Lipinski definition) is 2. The molecule has 0 saturated carbocycles. The zero-order chi connectivity index (χ0) is 21.8. The van der Waals surface area contributed by atoms with E-state index in [9.17, 15) is 14.4 Å². The first kappa shape index (κ1) is 20.9. The van der Waals surface area contributed by atoms with Crippen molar-refractivity contribution in [2.45, 2.75) is 19.3 Å². The van der Waals surface area contributed by atoms with Crippen molar-refractivity contribution >= 4 is 16.8 Å². The highest BCUT2D eigenvalue weighted by atomic mass is 16.5. The third kappa shape index (κ3) is 4.54. The fourth-order valence-electron chi connectivity index (χ4n) is 3.94. The Bertz CT molecular complexity index is 1190. The Labute approximate surface area is 179 Å². The molecular formula is C23H26N4O4. The fourth-order valence-corrected chi connectivity index (χ4v) is 3.94. The van der Waals surface area contributed by atoms with Gasteiger partial charge in [0, 0.05) is 18.7 Å². The van der Waals surface area contributed by atoms with Crippen molar-refractivity contribution in [2.24, 2.45) is 0 Å². The molecule has 8 heteroatoms. The van der Waals surface area contributed by atoms with Gasteiger partial charge in [-0.05, 0) is 68.4 Å². The van der Waals surface area contributed by atoms with E-state index in [0.29, 0.717) is 34.4 Å². The highest BCUT2D eigenvalue weighted by molar-refractivity contribution is 5.97. The summed E-state index contributed by atoms with van der Waals surface area (Å²) >= 11 is 0. The van der Waals surface area contributed by atoms with E-state index in [4.69, 9.17) is 4.74 Å². The van der Waals surface area contributed by atoms with Crippen molar-refractivity contribution in [3.8, 4) is 11.4 Å². The molecule has 4 rings (SSSR count). The summed E-state index contributed by atoms with van der Waals surface area (Å²) in [6.07, 6.45) is 3.69. The molecule has 8 nitrogen and oxygen atoms in total. The van der Waals surface area contributed by atoms with Crippen molar-refractivity contribution in [3.05, 3.63) is 68.9 Å². The van der Waals surface area contributed by atoms with Crippen molar-refractivity contribution in [3.63, 3.8) is 0 Å². The number of H-pyrrole nitrogens is 1. The van der Waals surface area contributed by atoms with Gasteiger partial charge in [-0.25, -0.2) is 9.36 Å². The van der Waals surface area contributed by atoms with Crippen molar-refractivity contribution < 1.29 is 9.53 Å². The number of hydrogen-bond acceptors (Lipinski definition) is 5. The van der Waals surface area contributed by atoms with E-state index >= 15 is 0 Å². The van der Waals surface area contributed by atoms with E-state index in [1.165, 1.54) is 19.3 Å². The third-order valence-corrected chi connectivity index (χ3v) is 5.65. The van der Waals surface area contributed by atoms with Gasteiger partial charge in [0.05, 0.1) is 23.7 Å². The van der Waals surface area contributed by atoms with Gasteiger partial charge in [0.2, 0.25) is 0 Å². The van der Waals surface area contributed by atoms with Crippen molar-refractivity contribution in [2.75, 3.05) is 33.3 Å². The molecule has 0 aliphatic carbocycles. The van der Waals surface area contributed by atoms with Gasteiger partial charge >= 0.3 is 5.69 Å². The molecule has 1 aliphatic rings. The summed E-state index contributed by atoms with van der Waals surface area (Å²) in [6, 6.07) is 11.4. The van der Waals surface area contributed by atoms with Crippen LogP contribution in [0.2, 0.25) is 0 Å². The lowest BCUT2D eigenvalue weighted by molar-refractivity contribution is 0.0946. The van der Waals surface area contributed by atoms with Crippen LogP contribution in [0, 0.1) is 0 Å². The van der Waals surface area contributed by atoms with Crippen LogP contribution in [0.15, 0.2) is 52.1 Å². The summed E-state index contributed by atoms with van der Waals surface area (Å²) in [5.41, 5.74) is 0.173. The summed E-state index contributed by atoms with van der Waals surface area (Å²) in [6.45, 7) is 3.54. The zero-order valence-corrected chi connectivity index (χ0v) is 17.5. The molecule has 0 unspecified atom stereocenters. The molecule has 1 saturated heterocycles. The first-order chi connectivity index (χ1) is 15.1. The van der Waals surface area contributed by atoms with Crippen LogP contribution < -0.4 is 21.3 Å². The molecule has 0 atom stereocenters. The van der Waals surface area contributed by atoms with Crippen LogP contribution in [0.25, 0.3) is 16.6 Å². The number of nitrogens with one attached hydrogen (secondary N) is 2. The van der Waals surface area contributed by atoms with Gasteiger partial charge in [-0.15, -0.1) is 0 Å². The summed E-state index contributed by atoms with van der Waals surface area (Å²) < 4.78 is 6.19. The molecule has 1 fully saturated rings. The maximum atomic E-state index is 12.9. The third-order valence-electron chi connectivity index (χ3n) is 5.65. The number of aromatic amines is 1. The minimum atomic E-state index is -0.565. The number of nitrogens with zero attached hydrogens (tertiary/aromatic N) is 2. The summed E-state index contributed by atoms with van der Waals surface area (Å²) in [5.74, 6) is 0.407. The van der Waals surface area contributed by atoms with Crippen LogP contribution >= 0.6 is 0 Å². The van der Waals surface area contributed by atoms with Crippen LogP contribution in [-0.2, 0) is 0 Å². The van der Waals surface area contributed by atoms with Crippen LogP contribution in [0.5, 0.6) is 5.75 Å². The predicted octanol–water partition coefficient (Wildman–Crippen LogP) is 1.90. The average molecular weight is 422 g/mol. The molecular weight excluding hydrogens is 396 g/mol. The van der Waals surface area contributed by atoms with Gasteiger partial charge in [-0.1, -0.05) is 6.42 Å². The number of carbonyl (C=O) groups is 1. The topological polar surface area (TPSA) is 96.4 Å². The molecule has 162 valence electrons. The largest absolute Gasteiger partial charge is 0.497 e. The highest BCUT2D eigenvalue weighted by Crippen LogP contribution is 2.14. The molecule has 0 spiro atoms. The molecule has 3 aromatic rings. The number of piperidine rings is 1. The number of carbonyl (C=O) groups excluding carboxylic acids is 1. The molecule has 2 N–H and O–H groups in total. The lowest BCUT2D eigenvalue weighted by Crippen LogP contribution is -2.37. The Hall–Kier alpha value is -3.39. The minimum Gasteiger partial charge on any atom is -0.497 e. The molecule has 1 amide bonds. The number of aromatic nitrogens is 2. The Kier molecular flexibility index (Phi) is 6.18. The number of amides is 1. The van der Waals surface area contributed by atoms with Gasteiger partial charge in [-0.3, -0.25) is 9.59 Å². The first-order valence-electron chi connectivity index (χ1n) is 10.5. The average Bonchev–Trinajstić information content (AvgIpc) is 2.80. The number of methoxy groups -OCH3 is 1. The van der Waals surface area contributed by atoms with Gasteiger partial charge < -0.3 is 19.9 Å². The number of rotatable bonds is 6. The van der Waals surface area contributed by atoms with Gasteiger partial charge in [0.1, 0.15) is 5.75 Å². The summed E-state index contributed by atoms with van der Waals surface area (Å²) in [4.78, 5) is 43.1. The van der Waals surface area contributed by atoms with Crippen LogP contribution in [0.1, 0.15) is 29.6 Å². The number of fused-ring (bicyclic) bond motifs is 1. The Morgan fingerprint density at radius 1 is 1.06 bits per heavy atom. The van der Waals surface area contributed by atoms with E-state index in [1.54, 1.807) is 49.6 Å². The fraction of sp³-hybridized carbons (Fsp3) is 0.348. The standard InChI is InChI=1S/C23H26N4O4/c1-31-18-8-6-17(7-9-18)27-22(29)19-10-5-16(15-20(19)25-23(27)30)21(28)24-11-14-26-12-3-2-4-13-26/h5-10,15H,2-4,11-14H2,1H3,(H,24,28)(H,25,30). The van der Waals surface area contributed by atoms with E-state index in [2.05, 4.69) is 15.2 Å². The van der Waals surface area contributed by atoms with Crippen LogP contribution in [0.4, 0.5) is 0 Å². The predicted molar refractivity (Wildman–Crippen MR) is 119 cm³/mol. The summed E-state index contributed by atoms with van der Waals surface area (Å²) in [5, 5.41) is 3.25. The van der Waals surface area contributed by atoms with Crippen LogP contribution in [-0.4, -0.2) is 53.6 Å². The molecule has 1 aromatic heterocycles. The van der Waals surface area contributed by atoms with E-state index < -0.39 is 11.2 Å². The zero-order valence-electron chi connectivity index (χ0n) is 17.5. The van der Waals surface area contributed by atoms with Gasteiger partial charge in [-0.2, -0.15) is 0 Å². The highest BCUT2D eigenvalue weighted by Gasteiger charge is 2.14. The van der Waals surface area contributed by atoms with Crippen molar-refractivity contribution in [1.82, 2.24) is 19.8 Å². The first-order valence-corrected chi connectivity index (χ1v) is 10.5. The van der Waals surface area contributed by atoms with E-state index in [-0.39, 0.29) is 5.91 Å². The smallest absolute Gasteiger partial charge is 0.333 e. The normalized spacial score (nSPS) is 14.5. The Balaban J connectivity index is 1.54. The number of ether oxygens (including phenoxy) is 1. The second-order valence-electron chi connectivity index (χ2n) is 7.69. The Morgan fingerprint density at radius 2 is 1.81 bits per heavy atom.